The predicted octanol–water partition coefficient (Wildman–Crippen LogP) is 1.68. The lowest BCUT2D eigenvalue weighted by atomic mass is 10.1. The zero-order valence-corrected chi connectivity index (χ0v) is 10.4. The third-order valence-electron chi connectivity index (χ3n) is 2.58. The van der Waals surface area contributed by atoms with E-state index < -0.39 is 17.9 Å². The molecular weight excluding hydrogens is 234 g/mol. The van der Waals surface area contributed by atoms with E-state index in [-0.39, 0.29) is 11.3 Å². The summed E-state index contributed by atoms with van der Waals surface area (Å²) in [6.45, 7) is 3.63. The maximum absolute atomic E-state index is 11.8. The number of carbonyl (C=O) groups excluding carboxylic acids is 1. The summed E-state index contributed by atoms with van der Waals surface area (Å²) in [7, 11) is 0. The molecule has 1 amide bonds. The fraction of sp³-hybridized carbons (Fsp3) is 0.385. The molecule has 1 atom stereocenters. The molecule has 3 N–H and O–H groups in total. The van der Waals surface area contributed by atoms with Gasteiger partial charge in [0.2, 0.25) is 0 Å². The summed E-state index contributed by atoms with van der Waals surface area (Å²) in [5.74, 6) is -1.79. The summed E-state index contributed by atoms with van der Waals surface area (Å²) in [5, 5.41) is 21.0. The molecule has 0 saturated carbocycles. The van der Waals surface area contributed by atoms with Gasteiger partial charge in [-0.05, 0) is 31.0 Å². The Morgan fingerprint density at radius 1 is 1.39 bits per heavy atom. The van der Waals surface area contributed by atoms with Gasteiger partial charge in [-0.3, -0.25) is 4.79 Å². The van der Waals surface area contributed by atoms with Gasteiger partial charge in [-0.2, -0.15) is 0 Å². The Bertz CT molecular complexity index is 456. The third kappa shape index (κ3) is 3.48. The maximum atomic E-state index is 11.8. The number of carbonyl (C=O) groups is 2. The Morgan fingerprint density at radius 2 is 2.06 bits per heavy atom. The van der Waals surface area contributed by atoms with Crippen LogP contribution >= 0.6 is 0 Å². The molecule has 0 spiro atoms. The second-order valence-electron chi connectivity index (χ2n) is 4.17. The predicted molar refractivity (Wildman–Crippen MR) is 66.6 cm³/mol. The van der Waals surface area contributed by atoms with Crippen molar-refractivity contribution in [3.8, 4) is 5.75 Å². The van der Waals surface area contributed by atoms with Crippen molar-refractivity contribution in [3.05, 3.63) is 29.3 Å². The summed E-state index contributed by atoms with van der Waals surface area (Å²) in [5.41, 5.74) is 0.912. The zero-order chi connectivity index (χ0) is 13.7. The van der Waals surface area contributed by atoms with Crippen LogP contribution in [0.2, 0.25) is 0 Å². The maximum Gasteiger partial charge on any atom is 0.326 e. The normalized spacial score (nSPS) is 11.9. The van der Waals surface area contributed by atoms with E-state index in [0.29, 0.717) is 12.8 Å². The van der Waals surface area contributed by atoms with Gasteiger partial charge >= 0.3 is 5.97 Å². The van der Waals surface area contributed by atoms with Gasteiger partial charge in [0.25, 0.3) is 5.91 Å². The fourth-order valence-electron chi connectivity index (χ4n) is 1.62. The van der Waals surface area contributed by atoms with Crippen LogP contribution < -0.4 is 5.32 Å². The molecule has 0 heterocycles. The summed E-state index contributed by atoms with van der Waals surface area (Å²) < 4.78 is 0. The van der Waals surface area contributed by atoms with Crippen molar-refractivity contribution in [2.75, 3.05) is 0 Å². The third-order valence-corrected chi connectivity index (χ3v) is 2.58. The summed E-state index contributed by atoms with van der Waals surface area (Å²) in [6.07, 6.45) is 1.00. The van der Waals surface area contributed by atoms with E-state index in [1.807, 2.05) is 6.92 Å². The molecule has 0 saturated heterocycles. The molecule has 0 bridgehead atoms. The number of benzene rings is 1. The number of aryl methyl sites for hydroxylation is 1. The quantitative estimate of drug-likeness (QED) is 0.743. The Hall–Kier alpha value is -2.04. The van der Waals surface area contributed by atoms with Gasteiger partial charge < -0.3 is 15.5 Å². The number of amides is 1. The average molecular weight is 251 g/mol. The standard InChI is InChI=1S/C13H17NO4/c1-3-4-10(13(17)18)14-12(16)9-6-5-8(2)7-11(9)15/h5-7,10,15H,3-4H2,1-2H3,(H,14,16)(H,17,18). The molecule has 18 heavy (non-hydrogen) atoms. The Balaban J connectivity index is 2.83. The number of phenols is 1. The van der Waals surface area contributed by atoms with Crippen LogP contribution in [0, 0.1) is 6.92 Å². The van der Waals surface area contributed by atoms with Crippen LogP contribution in [0.5, 0.6) is 5.75 Å². The first kappa shape index (κ1) is 14.0. The Labute approximate surface area is 105 Å². The van der Waals surface area contributed by atoms with Crippen LogP contribution in [0.15, 0.2) is 18.2 Å². The molecule has 1 unspecified atom stereocenters. The minimum atomic E-state index is -1.07. The Kier molecular flexibility index (Phi) is 4.71. The number of nitrogens with one attached hydrogen (secondary N) is 1. The molecule has 0 radical (unpaired) electrons. The lowest BCUT2D eigenvalue weighted by Gasteiger charge is -2.14. The molecule has 0 fully saturated rings. The van der Waals surface area contributed by atoms with E-state index in [1.165, 1.54) is 12.1 Å². The lowest BCUT2D eigenvalue weighted by Crippen LogP contribution is -2.40. The summed E-state index contributed by atoms with van der Waals surface area (Å²) in [4.78, 5) is 22.8. The number of phenolic OH excluding ortho intramolecular Hbond substituents is 1. The van der Waals surface area contributed by atoms with Crippen molar-refractivity contribution < 1.29 is 19.8 Å². The van der Waals surface area contributed by atoms with Gasteiger partial charge in [-0.25, -0.2) is 4.79 Å². The number of carboxylic acid groups (broad SMARTS) is 1. The van der Waals surface area contributed by atoms with Gasteiger partial charge in [0.1, 0.15) is 11.8 Å². The topological polar surface area (TPSA) is 86.6 Å². The number of aromatic hydroxyl groups is 1. The van der Waals surface area contributed by atoms with Crippen LogP contribution in [-0.2, 0) is 4.79 Å². The highest BCUT2D eigenvalue weighted by Crippen LogP contribution is 2.18. The van der Waals surface area contributed by atoms with Crippen molar-refractivity contribution in [3.63, 3.8) is 0 Å². The van der Waals surface area contributed by atoms with Crippen molar-refractivity contribution in [2.24, 2.45) is 0 Å². The van der Waals surface area contributed by atoms with E-state index in [1.54, 1.807) is 13.0 Å². The smallest absolute Gasteiger partial charge is 0.326 e. The second-order valence-corrected chi connectivity index (χ2v) is 4.17. The van der Waals surface area contributed by atoms with Crippen LogP contribution in [0.4, 0.5) is 0 Å². The minimum Gasteiger partial charge on any atom is -0.507 e. The molecule has 0 aliphatic heterocycles. The number of rotatable bonds is 5. The molecule has 5 nitrogen and oxygen atoms in total. The van der Waals surface area contributed by atoms with E-state index in [2.05, 4.69) is 5.32 Å². The molecule has 0 aromatic heterocycles. The monoisotopic (exact) mass is 251 g/mol. The molecule has 1 aromatic carbocycles. The van der Waals surface area contributed by atoms with Crippen molar-refractivity contribution in [2.45, 2.75) is 32.7 Å². The Morgan fingerprint density at radius 3 is 2.56 bits per heavy atom. The zero-order valence-electron chi connectivity index (χ0n) is 10.4. The van der Waals surface area contributed by atoms with Crippen molar-refractivity contribution in [1.29, 1.82) is 0 Å². The fourth-order valence-corrected chi connectivity index (χ4v) is 1.62. The largest absolute Gasteiger partial charge is 0.507 e. The van der Waals surface area contributed by atoms with Gasteiger partial charge in [0.05, 0.1) is 5.56 Å². The molecule has 1 rings (SSSR count). The van der Waals surface area contributed by atoms with Gasteiger partial charge in [0, 0.05) is 0 Å². The van der Waals surface area contributed by atoms with E-state index in [4.69, 9.17) is 5.11 Å². The number of carboxylic acids is 1. The number of aliphatic carboxylic acids is 1. The second kappa shape index (κ2) is 6.05. The number of hydrogen-bond acceptors (Lipinski definition) is 3. The van der Waals surface area contributed by atoms with Crippen LogP contribution in [0.1, 0.15) is 35.7 Å². The summed E-state index contributed by atoms with van der Waals surface area (Å²) in [6, 6.07) is 3.70. The SMILES string of the molecule is CCCC(NC(=O)c1ccc(C)cc1O)C(=O)O. The van der Waals surface area contributed by atoms with E-state index >= 15 is 0 Å². The minimum absolute atomic E-state index is 0.0861. The van der Waals surface area contributed by atoms with Crippen LogP contribution in [0.3, 0.4) is 0 Å². The molecule has 0 aliphatic carbocycles. The van der Waals surface area contributed by atoms with E-state index in [0.717, 1.165) is 5.56 Å². The molecule has 1 aromatic rings. The molecule has 0 aliphatic rings. The highest BCUT2D eigenvalue weighted by Gasteiger charge is 2.21. The first-order valence-corrected chi connectivity index (χ1v) is 5.79. The molecule has 5 heteroatoms. The highest BCUT2D eigenvalue weighted by molar-refractivity contribution is 5.98. The van der Waals surface area contributed by atoms with E-state index in [9.17, 15) is 14.7 Å². The van der Waals surface area contributed by atoms with Gasteiger partial charge in [-0.1, -0.05) is 19.4 Å². The van der Waals surface area contributed by atoms with Crippen LogP contribution in [-0.4, -0.2) is 28.1 Å². The summed E-state index contributed by atoms with van der Waals surface area (Å²) >= 11 is 0. The highest BCUT2D eigenvalue weighted by atomic mass is 16.4. The first-order valence-electron chi connectivity index (χ1n) is 5.79. The average Bonchev–Trinajstić information content (AvgIpc) is 2.27. The molecule has 98 valence electrons. The van der Waals surface area contributed by atoms with Crippen LogP contribution in [0.25, 0.3) is 0 Å². The van der Waals surface area contributed by atoms with Gasteiger partial charge in [-0.15, -0.1) is 0 Å². The first-order chi connectivity index (χ1) is 8.45. The molecular formula is C13H17NO4. The number of hydrogen-bond donors (Lipinski definition) is 3. The van der Waals surface area contributed by atoms with Crippen molar-refractivity contribution >= 4 is 11.9 Å². The van der Waals surface area contributed by atoms with Crippen molar-refractivity contribution in [1.82, 2.24) is 5.32 Å². The lowest BCUT2D eigenvalue weighted by molar-refractivity contribution is -0.139. The van der Waals surface area contributed by atoms with Gasteiger partial charge in [0.15, 0.2) is 0 Å².